The Hall–Kier alpha value is -2.62. The number of hydrogen-bond donors (Lipinski definition) is 2. The molecule has 2 aromatic carbocycles. The predicted molar refractivity (Wildman–Crippen MR) is 120 cm³/mol. The SMILES string of the molecule is CC(C)NC(=O)N(C)c1ccc(OC(=O)c2cc(S(=O)(=O)NC(C)C)ccc2Cl)cc1. The second-order valence-corrected chi connectivity index (χ2v) is 9.59. The van der Waals surface area contributed by atoms with Gasteiger partial charge in [-0.1, -0.05) is 11.6 Å². The normalized spacial score (nSPS) is 11.5. The number of ether oxygens (including phenoxy) is 1. The van der Waals surface area contributed by atoms with Crippen molar-refractivity contribution in [3.05, 3.63) is 53.1 Å². The average molecular weight is 468 g/mol. The molecule has 0 aliphatic rings. The van der Waals surface area contributed by atoms with Crippen LogP contribution in [0.3, 0.4) is 0 Å². The van der Waals surface area contributed by atoms with Crippen LogP contribution < -0.4 is 19.7 Å². The van der Waals surface area contributed by atoms with Crippen LogP contribution in [0.5, 0.6) is 5.75 Å². The monoisotopic (exact) mass is 467 g/mol. The first kappa shape index (κ1) is 24.6. The van der Waals surface area contributed by atoms with Gasteiger partial charge in [-0.05, 0) is 70.2 Å². The van der Waals surface area contributed by atoms with Crippen molar-refractivity contribution in [2.75, 3.05) is 11.9 Å². The fourth-order valence-electron chi connectivity index (χ4n) is 2.57. The highest BCUT2D eigenvalue weighted by Gasteiger charge is 2.21. The number of carbonyl (C=O) groups is 2. The number of hydrogen-bond acceptors (Lipinski definition) is 5. The summed E-state index contributed by atoms with van der Waals surface area (Å²) in [5.74, 6) is -0.582. The van der Waals surface area contributed by atoms with Gasteiger partial charge in [-0.15, -0.1) is 0 Å². The Labute approximate surface area is 187 Å². The Morgan fingerprint density at radius 3 is 2.16 bits per heavy atom. The van der Waals surface area contributed by atoms with Crippen LogP contribution in [0.15, 0.2) is 47.4 Å². The summed E-state index contributed by atoms with van der Waals surface area (Å²) in [7, 11) is -2.18. The molecule has 0 radical (unpaired) electrons. The fraction of sp³-hybridized carbons (Fsp3) is 0.333. The molecular formula is C21H26ClN3O5S. The maximum absolute atomic E-state index is 12.6. The van der Waals surface area contributed by atoms with Crippen LogP contribution in [0.1, 0.15) is 38.1 Å². The Kier molecular flexibility index (Phi) is 8.05. The molecule has 31 heavy (non-hydrogen) atoms. The first-order chi connectivity index (χ1) is 14.4. The zero-order valence-electron chi connectivity index (χ0n) is 18.0. The van der Waals surface area contributed by atoms with Crippen molar-refractivity contribution in [1.29, 1.82) is 0 Å². The van der Waals surface area contributed by atoms with E-state index in [2.05, 4.69) is 10.0 Å². The summed E-state index contributed by atoms with van der Waals surface area (Å²) in [4.78, 5) is 26.0. The van der Waals surface area contributed by atoms with Crippen molar-refractivity contribution in [1.82, 2.24) is 10.0 Å². The van der Waals surface area contributed by atoms with Crippen LogP contribution in [0.2, 0.25) is 5.02 Å². The van der Waals surface area contributed by atoms with Crippen molar-refractivity contribution >= 4 is 39.3 Å². The molecule has 2 amide bonds. The van der Waals surface area contributed by atoms with Gasteiger partial charge in [-0.3, -0.25) is 4.90 Å². The first-order valence-electron chi connectivity index (χ1n) is 9.59. The Balaban J connectivity index is 2.18. The number of anilines is 1. The third-order valence-corrected chi connectivity index (χ3v) is 6.00. The highest BCUT2D eigenvalue weighted by molar-refractivity contribution is 7.89. The van der Waals surface area contributed by atoms with E-state index in [1.165, 1.54) is 35.2 Å². The van der Waals surface area contributed by atoms with Gasteiger partial charge in [-0.25, -0.2) is 22.7 Å². The van der Waals surface area contributed by atoms with E-state index in [9.17, 15) is 18.0 Å². The zero-order valence-corrected chi connectivity index (χ0v) is 19.5. The molecule has 0 fully saturated rings. The summed E-state index contributed by atoms with van der Waals surface area (Å²) in [6, 6.07) is 9.55. The highest BCUT2D eigenvalue weighted by atomic mass is 35.5. The summed E-state index contributed by atoms with van der Waals surface area (Å²) in [6.07, 6.45) is 0. The average Bonchev–Trinajstić information content (AvgIpc) is 2.66. The molecule has 0 spiro atoms. The molecule has 2 rings (SSSR count). The van der Waals surface area contributed by atoms with Crippen LogP contribution in [-0.4, -0.2) is 39.5 Å². The molecule has 0 atom stereocenters. The minimum absolute atomic E-state index is 0.00441. The van der Waals surface area contributed by atoms with E-state index in [0.717, 1.165) is 0 Å². The molecule has 0 aromatic heterocycles. The third-order valence-electron chi connectivity index (χ3n) is 4.01. The molecule has 0 saturated heterocycles. The molecule has 0 heterocycles. The molecule has 0 aliphatic carbocycles. The number of benzene rings is 2. The molecule has 168 valence electrons. The van der Waals surface area contributed by atoms with Gasteiger partial charge in [0.25, 0.3) is 0 Å². The summed E-state index contributed by atoms with van der Waals surface area (Å²) in [5.41, 5.74) is 0.523. The largest absolute Gasteiger partial charge is 0.423 e. The summed E-state index contributed by atoms with van der Waals surface area (Å²) < 4.78 is 32.5. The number of carbonyl (C=O) groups excluding carboxylic acids is 2. The van der Waals surface area contributed by atoms with Gasteiger partial charge in [0.15, 0.2) is 0 Å². The van der Waals surface area contributed by atoms with Crippen LogP contribution in [0, 0.1) is 0 Å². The number of urea groups is 1. The number of nitrogens with one attached hydrogen (secondary N) is 2. The highest BCUT2D eigenvalue weighted by Crippen LogP contribution is 2.24. The quantitative estimate of drug-likeness (QED) is 0.476. The number of halogens is 1. The van der Waals surface area contributed by atoms with Crippen LogP contribution in [0.4, 0.5) is 10.5 Å². The van der Waals surface area contributed by atoms with E-state index in [4.69, 9.17) is 16.3 Å². The molecule has 2 N–H and O–H groups in total. The lowest BCUT2D eigenvalue weighted by atomic mass is 10.2. The number of nitrogens with zero attached hydrogens (tertiary/aromatic N) is 1. The standard InChI is InChI=1S/C21H26ClN3O5S/c1-13(2)23-21(27)25(5)15-6-8-16(9-7-15)30-20(26)18-12-17(10-11-19(18)22)31(28,29)24-14(3)4/h6-14,24H,1-5H3,(H,23,27). The maximum Gasteiger partial charge on any atom is 0.345 e. The van der Waals surface area contributed by atoms with Gasteiger partial charge in [0, 0.05) is 24.8 Å². The smallest absolute Gasteiger partial charge is 0.345 e. The van der Waals surface area contributed by atoms with Gasteiger partial charge < -0.3 is 10.1 Å². The van der Waals surface area contributed by atoms with Gasteiger partial charge in [0.2, 0.25) is 10.0 Å². The molecule has 0 aliphatic heterocycles. The van der Waals surface area contributed by atoms with Crippen molar-refractivity contribution in [3.63, 3.8) is 0 Å². The van der Waals surface area contributed by atoms with Gasteiger partial charge in [0.1, 0.15) is 5.75 Å². The zero-order chi connectivity index (χ0) is 23.3. The number of amides is 2. The molecule has 10 heteroatoms. The Bertz CT molecular complexity index is 1050. The van der Waals surface area contributed by atoms with Gasteiger partial charge >= 0.3 is 12.0 Å². The van der Waals surface area contributed by atoms with Crippen molar-refractivity contribution in [3.8, 4) is 5.75 Å². The van der Waals surface area contributed by atoms with E-state index in [0.29, 0.717) is 5.69 Å². The minimum atomic E-state index is -3.80. The summed E-state index contributed by atoms with van der Waals surface area (Å²) >= 11 is 6.09. The first-order valence-corrected chi connectivity index (χ1v) is 11.4. The lowest BCUT2D eigenvalue weighted by Crippen LogP contribution is -2.40. The minimum Gasteiger partial charge on any atom is -0.423 e. The molecule has 0 unspecified atom stereocenters. The van der Waals surface area contributed by atoms with E-state index >= 15 is 0 Å². The van der Waals surface area contributed by atoms with E-state index in [1.54, 1.807) is 33.0 Å². The number of sulfonamides is 1. The van der Waals surface area contributed by atoms with Crippen molar-refractivity contribution in [2.45, 2.75) is 44.7 Å². The van der Waals surface area contributed by atoms with Crippen LogP contribution in [-0.2, 0) is 10.0 Å². The van der Waals surface area contributed by atoms with Crippen LogP contribution in [0.25, 0.3) is 0 Å². The fourth-order valence-corrected chi connectivity index (χ4v) is 4.04. The van der Waals surface area contributed by atoms with E-state index in [1.807, 2.05) is 13.8 Å². The number of esters is 1. The second-order valence-electron chi connectivity index (χ2n) is 7.46. The second kappa shape index (κ2) is 10.1. The molecule has 0 saturated carbocycles. The van der Waals surface area contributed by atoms with Gasteiger partial charge in [-0.2, -0.15) is 0 Å². The summed E-state index contributed by atoms with van der Waals surface area (Å²) in [5, 5.41) is 2.84. The van der Waals surface area contributed by atoms with Crippen LogP contribution >= 0.6 is 11.6 Å². The Morgan fingerprint density at radius 2 is 1.61 bits per heavy atom. The molecule has 8 nitrogen and oxygen atoms in total. The third kappa shape index (κ3) is 6.68. The van der Waals surface area contributed by atoms with E-state index in [-0.39, 0.29) is 39.3 Å². The van der Waals surface area contributed by atoms with E-state index < -0.39 is 16.0 Å². The lowest BCUT2D eigenvalue weighted by molar-refractivity contribution is 0.0734. The maximum atomic E-state index is 12.6. The predicted octanol–water partition coefficient (Wildman–Crippen LogP) is 3.80. The van der Waals surface area contributed by atoms with Crippen molar-refractivity contribution in [2.24, 2.45) is 0 Å². The topological polar surface area (TPSA) is 105 Å². The molecular weight excluding hydrogens is 442 g/mol. The molecule has 2 aromatic rings. The number of rotatable bonds is 7. The van der Waals surface area contributed by atoms with Gasteiger partial charge in [0.05, 0.1) is 15.5 Å². The van der Waals surface area contributed by atoms with Crippen molar-refractivity contribution < 1.29 is 22.7 Å². The molecule has 0 bridgehead atoms. The lowest BCUT2D eigenvalue weighted by Gasteiger charge is -2.20. The summed E-state index contributed by atoms with van der Waals surface area (Å²) in [6.45, 7) is 7.10. The Morgan fingerprint density at radius 1 is 1.00 bits per heavy atom.